The molecule has 18 heavy (non-hydrogen) atoms. The Hall–Kier alpha value is -2.90. The molecule has 92 valence electrons. The lowest BCUT2D eigenvalue weighted by Crippen LogP contribution is -2.17. The van der Waals surface area contributed by atoms with Crippen molar-refractivity contribution in [1.82, 2.24) is 9.55 Å². The van der Waals surface area contributed by atoms with E-state index in [4.69, 9.17) is 0 Å². The summed E-state index contributed by atoms with van der Waals surface area (Å²) in [5.74, 6) is -0.377. The molecule has 0 saturated carbocycles. The minimum Gasteiger partial charge on any atom is -0.506 e. The normalized spacial score (nSPS) is 10.0. The van der Waals surface area contributed by atoms with Crippen molar-refractivity contribution in [2.45, 2.75) is 0 Å². The van der Waals surface area contributed by atoms with Crippen LogP contribution in [0.2, 0.25) is 0 Å². The van der Waals surface area contributed by atoms with Gasteiger partial charge in [-0.15, -0.1) is 0 Å². The van der Waals surface area contributed by atoms with Gasteiger partial charge in [0.25, 0.3) is 5.69 Å². The van der Waals surface area contributed by atoms with E-state index in [1.807, 2.05) is 0 Å². The fraction of sp³-hybridized carbons (Fsp3) is 0. The molecule has 1 heterocycles. The number of amides is 1. The average Bonchev–Trinajstić information content (AvgIpc) is 2.85. The highest BCUT2D eigenvalue weighted by Gasteiger charge is 2.12. The number of phenols is 1. The quantitative estimate of drug-likeness (QED) is 0.476. The van der Waals surface area contributed by atoms with Crippen molar-refractivity contribution < 1.29 is 14.8 Å². The van der Waals surface area contributed by atoms with Crippen LogP contribution in [0.25, 0.3) is 0 Å². The number of aromatic hydroxyl groups is 1. The Morgan fingerprint density at radius 1 is 1.50 bits per heavy atom. The molecule has 0 aliphatic carbocycles. The third-order valence-corrected chi connectivity index (χ3v) is 2.17. The van der Waals surface area contributed by atoms with Crippen LogP contribution in [0.15, 0.2) is 36.9 Å². The minimum absolute atomic E-state index is 0.0827. The number of nitro benzene ring substituents is 1. The zero-order chi connectivity index (χ0) is 13.1. The number of rotatable bonds is 2. The van der Waals surface area contributed by atoms with Gasteiger partial charge in [-0.05, 0) is 6.07 Å². The molecule has 2 rings (SSSR count). The lowest BCUT2D eigenvalue weighted by Gasteiger charge is -2.06. The van der Waals surface area contributed by atoms with Gasteiger partial charge in [0.15, 0.2) is 0 Å². The zero-order valence-electron chi connectivity index (χ0n) is 8.98. The van der Waals surface area contributed by atoms with Crippen molar-refractivity contribution in [2.75, 3.05) is 5.32 Å². The SMILES string of the molecule is O=C(Nc1ccc([N+](=O)[O-])cc1O)n1ccnc1. The summed E-state index contributed by atoms with van der Waals surface area (Å²) in [5.41, 5.74) is -0.174. The van der Waals surface area contributed by atoms with Gasteiger partial charge in [-0.25, -0.2) is 9.78 Å². The van der Waals surface area contributed by atoms with E-state index in [9.17, 15) is 20.0 Å². The highest BCUT2D eigenvalue weighted by Crippen LogP contribution is 2.27. The van der Waals surface area contributed by atoms with E-state index in [1.165, 1.54) is 35.4 Å². The van der Waals surface area contributed by atoms with Crippen LogP contribution in [0.3, 0.4) is 0 Å². The molecule has 1 aromatic carbocycles. The summed E-state index contributed by atoms with van der Waals surface area (Å²) in [5, 5.41) is 22.4. The Morgan fingerprint density at radius 3 is 2.83 bits per heavy atom. The van der Waals surface area contributed by atoms with Crippen LogP contribution in [0, 0.1) is 10.1 Å². The van der Waals surface area contributed by atoms with E-state index in [0.717, 1.165) is 6.07 Å². The molecular weight excluding hydrogens is 240 g/mol. The second-order valence-corrected chi connectivity index (χ2v) is 3.36. The Balaban J connectivity index is 2.20. The molecule has 0 unspecified atom stereocenters. The van der Waals surface area contributed by atoms with Gasteiger partial charge in [-0.1, -0.05) is 0 Å². The van der Waals surface area contributed by atoms with Gasteiger partial charge in [0.2, 0.25) is 0 Å². The molecule has 1 aromatic heterocycles. The van der Waals surface area contributed by atoms with Crippen LogP contribution in [-0.4, -0.2) is 25.6 Å². The monoisotopic (exact) mass is 248 g/mol. The lowest BCUT2D eigenvalue weighted by molar-refractivity contribution is -0.384. The summed E-state index contributed by atoms with van der Waals surface area (Å²) in [6.45, 7) is 0. The number of anilines is 1. The van der Waals surface area contributed by atoms with Crippen molar-refractivity contribution in [1.29, 1.82) is 0 Å². The molecule has 8 nitrogen and oxygen atoms in total. The summed E-state index contributed by atoms with van der Waals surface area (Å²) in [7, 11) is 0. The number of imidazole rings is 1. The molecule has 0 saturated heterocycles. The van der Waals surface area contributed by atoms with Crippen LogP contribution < -0.4 is 5.32 Å². The average molecular weight is 248 g/mol. The molecule has 8 heteroatoms. The van der Waals surface area contributed by atoms with Crippen molar-refractivity contribution in [3.63, 3.8) is 0 Å². The third-order valence-electron chi connectivity index (χ3n) is 2.17. The third kappa shape index (κ3) is 2.26. The summed E-state index contributed by atoms with van der Waals surface area (Å²) in [4.78, 5) is 25.1. The first-order chi connectivity index (χ1) is 8.58. The largest absolute Gasteiger partial charge is 0.506 e. The number of nitro groups is 1. The number of nitrogens with one attached hydrogen (secondary N) is 1. The van der Waals surface area contributed by atoms with Crippen molar-refractivity contribution >= 4 is 17.4 Å². The van der Waals surface area contributed by atoms with Gasteiger partial charge >= 0.3 is 6.03 Å². The fourth-order valence-corrected chi connectivity index (χ4v) is 1.30. The number of phenolic OH excluding ortho intramolecular Hbond substituents is 1. The van der Waals surface area contributed by atoms with E-state index >= 15 is 0 Å². The molecule has 0 radical (unpaired) electrons. The summed E-state index contributed by atoms with van der Waals surface area (Å²) < 4.78 is 1.17. The van der Waals surface area contributed by atoms with Crippen LogP contribution in [0.5, 0.6) is 5.75 Å². The van der Waals surface area contributed by atoms with Crippen molar-refractivity contribution in [3.8, 4) is 5.75 Å². The Kier molecular flexibility index (Phi) is 2.92. The number of hydrogen-bond donors (Lipinski definition) is 2. The van der Waals surface area contributed by atoms with Gasteiger partial charge in [0, 0.05) is 18.5 Å². The highest BCUT2D eigenvalue weighted by molar-refractivity contribution is 5.92. The molecule has 1 amide bonds. The van der Waals surface area contributed by atoms with Gasteiger partial charge in [-0.3, -0.25) is 14.7 Å². The Labute approximate surface area is 101 Å². The number of carbonyl (C=O) groups excluding carboxylic acids is 1. The molecule has 0 fully saturated rings. The first kappa shape index (κ1) is 11.6. The van der Waals surface area contributed by atoms with Crippen LogP contribution >= 0.6 is 0 Å². The van der Waals surface area contributed by atoms with Crippen LogP contribution in [-0.2, 0) is 0 Å². The highest BCUT2D eigenvalue weighted by atomic mass is 16.6. The number of benzene rings is 1. The molecule has 0 bridgehead atoms. The van der Waals surface area contributed by atoms with E-state index in [2.05, 4.69) is 10.3 Å². The zero-order valence-corrected chi connectivity index (χ0v) is 8.98. The van der Waals surface area contributed by atoms with E-state index in [0.29, 0.717) is 0 Å². The predicted molar refractivity (Wildman–Crippen MR) is 61.4 cm³/mol. The van der Waals surface area contributed by atoms with Crippen LogP contribution in [0.1, 0.15) is 0 Å². The molecule has 0 spiro atoms. The number of nitrogens with zero attached hydrogens (tertiary/aromatic N) is 3. The van der Waals surface area contributed by atoms with E-state index in [-0.39, 0.29) is 17.1 Å². The topological polar surface area (TPSA) is 110 Å². The summed E-state index contributed by atoms with van der Waals surface area (Å²) in [6.07, 6.45) is 4.14. The number of carbonyl (C=O) groups is 1. The predicted octanol–water partition coefficient (Wildman–Crippen LogP) is 1.58. The van der Waals surface area contributed by atoms with Gasteiger partial charge in [-0.2, -0.15) is 0 Å². The van der Waals surface area contributed by atoms with Crippen molar-refractivity contribution in [3.05, 3.63) is 47.0 Å². The number of non-ortho nitro benzene ring substituents is 1. The maximum absolute atomic E-state index is 11.6. The maximum atomic E-state index is 11.6. The molecule has 0 atom stereocenters. The molecule has 2 aromatic rings. The minimum atomic E-state index is -0.638. The Bertz CT molecular complexity index is 594. The molecule has 0 aliphatic heterocycles. The Morgan fingerprint density at radius 2 is 2.28 bits per heavy atom. The lowest BCUT2D eigenvalue weighted by atomic mass is 10.2. The van der Waals surface area contributed by atoms with Gasteiger partial charge in [0.05, 0.1) is 16.7 Å². The second kappa shape index (κ2) is 4.53. The van der Waals surface area contributed by atoms with Crippen molar-refractivity contribution in [2.24, 2.45) is 0 Å². The number of aromatic nitrogens is 2. The van der Waals surface area contributed by atoms with E-state index in [1.54, 1.807) is 0 Å². The molecule has 2 N–H and O–H groups in total. The second-order valence-electron chi connectivity index (χ2n) is 3.36. The summed E-state index contributed by atoms with van der Waals surface area (Å²) >= 11 is 0. The molecule has 0 aliphatic rings. The summed E-state index contributed by atoms with van der Waals surface area (Å²) in [6, 6.07) is 2.87. The number of hydrogen-bond acceptors (Lipinski definition) is 5. The standard InChI is InChI=1S/C10H8N4O4/c15-9-5-7(14(17)18)1-2-8(9)12-10(16)13-4-3-11-6-13/h1-6,15H,(H,12,16). The first-order valence-electron chi connectivity index (χ1n) is 4.84. The van der Waals surface area contributed by atoms with E-state index < -0.39 is 11.0 Å². The fourth-order valence-electron chi connectivity index (χ4n) is 1.30. The smallest absolute Gasteiger partial charge is 0.331 e. The first-order valence-corrected chi connectivity index (χ1v) is 4.84. The molecular formula is C10H8N4O4. The van der Waals surface area contributed by atoms with Crippen LogP contribution in [0.4, 0.5) is 16.2 Å². The van der Waals surface area contributed by atoms with Gasteiger partial charge < -0.3 is 10.4 Å². The maximum Gasteiger partial charge on any atom is 0.331 e. The van der Waals surface area contributed by atoms with Gasteiger partial charge in [0.1, 0.15) is 12.1 Å².